The SMILES string of the molecule is CCOc1ccc(CNCCCSc2ncccn2)cc1OC.[Cl-]. The standard InChI is InChI=1S/C17H23N3O2S.ClH/c1-3-22-15-7-6-14(12-16(15)21-2)13-18-8-5-11-23-17-19-9-4-10-20-17;/h4,6-7,9-10,12,18H,3,5,8,11,13H2,1-2H3;1H/p-1. The van der Waals surface area contributed by atoms with Crippen molar-refractivity contribution in [2.45, 2.75) is 25.0 Å². The molecule has 24 heavy (non-hydrogen) atoms. The second-order valence-electron chi connectivity index (χ2n) is 4.83. The van der Waals surface area contributed by atoms with Crippen molar-refractivity contribution in [2.24, 2.45) is 0 Å². The van der Waals surface area contributed by atoms with Gasteiger partial charge in [-0.15, -0.1) is 0 Å². The molecule has 132 valence electrons. The molecule has 1 N–H and O–H groups in total. The number of nitrogens with zero attached hydrogens (tertiary/aromatic N) is 2. The first-order chi connectivity index (χ1) is 11.3. The van der Waals surface area contributed by atoms with Crippen molar-refractivity contribution in [3.63, 3.8) is 0 Å². The lowest BCUT2D eigenvalue weighted by molar-refractivity contribution is -0.00000559. The van der Waals surface area contributed by atoms with Gasteiger partial charge in [-0.1, -0.05) is 17.8 Å². The van der Waals surface area contributed by atoms with Crippen LogP contribution in [0.4, 0.5) is 0 Å². The number of methoxy groups -OCH3 is 1. The summed E-state index contributed by atoms with van der Waals surface area (Å²) in [5.74, 6) is 2.57. The summed E-state index contributed by atoms with van der Waals surface area (Å²) in [6.45, 7) is 4.37. The Labute approximate surface area is 154 Å². The molecule has 0 saturated heterocycles. The van der Waals surface area contributed by atoms with Crippen LogP contribution in [0.15, 0.2) is 41.8 Å². The van der Waals surface area contributed by atoms with E-state index < -0.39 is 0 Å². The summed E-state index contributed by atoms with van der Waals surface area (Å²) < 4.78 is 10.9. The molecule has 0 aliphatic carbocycles. The van der Waals surface area contributed by atoms with Gasteiger partial charge >= 0.3 is 0 Å². The van der Waals surface area contributed by atoms with E-state index in [1.165, 1.54) is 5.56 Å². The predicted molar refractivity (Wildman–Crippen MR) is 93.2 cm³/mol. The zero-order valence-corrected chi connectivity index (χ0v) is 15.6. The van der Waals surface area contributed by atoms with Crippen molar-refractivity contribution in [2.75, 3.05) is 26.0 Å². The van der Waals surface area contributed by atoms with Crippen LogP contribution in [-0.4, -0.2) is 36.0 Å². The molecule has 0 bridgehead atoms. The molecule has 0 amide bonds. The second-order valence-corrected chi connectivity index (χ2v) is 5.89. The van der Waals surface area contributed by atoms with E-state index in [4.69, 9.17) is 9.47 Å². The maximum Gasteiger partial charge on any atom is 0.187 e. The molecule has 0 aliphatic heterocycles. The van der Waals surface area contributed by atoms with Crippen LogP contribution in [0.5, 0.6) is 11.5 Å². The fourth-order valence-corrected chi connectivity index (χ4v) is 2.79. The Balaban J connectivity index is 0.00000288. The zero-order chi connectivity index (χ0) is 16.3. The molecule has 0 atom stereocenters. The summed E-state index contributed by atoms with van der Waals surface area (Å²) in [5, 5.41) is 4.28. The van der Waals surface area contributed by atoms with Crippen molar-refractivity contribution >= 4 is 11.8 Å². The summed E-state index contributed by atoms with van der Waals surface area (Å²) in [6, 6.07) is 7.87. The van der Waals surface area contributed by atoms with Crippen LogP contribution in [-0.2, 0) is 6.54 Å². The highest BCUT2D eigenvalue weighted by molar-refractivity contribution is 7.99. The smallest absolute Gasteiger partial charge is 0.187 e. The van der Waals surface area contributed by atoms with Gasteiger partial charge in [-0.05, 0) is 43.7 Å². The summed E-state index contributed by atoms with van der Waals surface area (Å²) in [7, 11) is 1.66. The normalized spacial score (nSPS) is 10.1. The summed E-state index contributed by atoms with van der Waals surface area (Å²) >= 11 is 1.68. The van der Waals surface area contributed by atoms with Crippen molar-refractivity contribution in [3.05, 3.63) is 42.2 Å². The highest BCUT2D eigenvalue weighted by Gasteiger charge is 2.05. The lowest BCUT2D eigenvalue weighted by Gasteiger charge is -2.11. The number of hydrogen-bond donors (Lipinski definition) is 1. The van der Waals surface area contributed by atoms with Gasteiger partial charge in [-0.3, -0.25) is 0 Å². The Morgan fingerprint density at radius 3 is 2.67 bits per heavy atom. The molecule has 1 aromatic heterocycles. The predicted octanol–water partition coefficient (Wildman–Crippen LogP) is 0.160. The second kappa shape index (κ2) is 11.9. The van der Waals surface area contributed by atoms with Crippen LogP contribution in [0.25, 0.3) is 0 Å². The van der Waals surface area contributed by atoms with Crippen molar-refractivity contribution in [3.8, 4) is 11.5 Å². The Hall–Kier alpha value is -1.50. The minimum Gasteiger partial charge on any atom is -1.00 e. The van der Waals surface area contributed by atoms with Gasteiger partial charge < -0.3 is 27.2 Å². The van der Waals surface area contributed by atoms with E-state index in [1.807, 2.05) is 25.1 Å². The van der Waals surface area contributed by atoms with E-state index in [1.54, 1.807) is 31.3 Å². The molecule has 7 heteroatoms. The van der Waals surface area contributed by atoms with Crippen LogP contribution in [0, 0.1) is 0 Å². The lowest BCUT2D eigenvalue weighted by Crippen LogP contribution is -3.00. The van der Waals surface area contributed by atoms with Gasteiger partial charge in [0.1, 0.15) is 0 Å². The third-order valence-electron chi connectivity index (χ3n) is 3.13. The molecule has 1 heterocycles. The quantitative estimate of drug-likeness (QED) is 0.366. The molecule has 2 aromatic rings. The van der Waals surface area contributed by atoms with Crippen molar-refractivity contribution in [1.82, 2.24) is 15.3 Å². The van der Waals surface area contributed by atoms with E-state index >= 15 is 0 Å². The zero-order valence-electron chi connectivity index (χ0n) is 14.0. The van der Waals surface area contributed by atoms with Crippen molar-refractivity contribution < 1.29 is 21.9 Å². The van der Waals surface area contributed by atoms with E-state index in [2.05, 4.69) is 21.4 Å². The monoisotopic (exact) mass is 368 g/mol. The fraction of sp³-hybridized carbons (Fsp3) is 0.412. The van der Waals surface area contributed by atoms with E-state index in [0.717, 1.165) is 41.9 Å². The van der Waals surface area contributed by atoms with Gasteiger partial charge in [0.25, 0.3) is 0 Å². The van der Waals surface area contributed by atoms with Gasteiger partial charge in [0.15, 0.2) is 16.7 Å². The Morgan fingerprint density at radius 2 is 1.96 bits per heavy atom. The van der Waals surface area contributed by atoms with Crippen LogP contribution in [0.2, 0.25) is 0 Å². The number of rotatable bonds is 10. The lowest BCUT2D eigenvalue weighted by atomic mass is 10.2. The van der Waals surface area contributed by atoms with Gasteiger partial charge in [0.05, 0.1) is 13.7 Å². The van der Waals surface area contributed by atoms with E-state index in [0.29, 0.717) is 6.61 Å². The van der Waals surface area contributed by atoms with E-state index in [-0.39, 0.29) is 12.4 Å². The topological polar surface area (TPSA) is 56.3 Å². The number of benzene rings is 1. The van der Waals surface area contributed by atoms with E-state index in [9.17, 15) is 0 Å². The van der Waals surface area contributed by atoms with Crippen LogP contribution >= 0.6 is 11.8 Å². The largest absolute Gasteiger partial charge is 1.00 e. The van der Waals surface area contributed by atoms with Crippen LogP contribution in [0.1, 0.15) is 18.9 Å². The molecule has 5 nitrogen and oxygen atoms in total. The Bertz CT molecular complexity index is 587. The third kappa shape index (κ3) is 6.95. The maximum absolute atomic E-state index is 5.52. The molecule has 0 spiro atoms. The van der Waals surface area contributed by atoms with Crippen LogP contribution in [0.3, 0.4) is 0 Å². The first kappa shape index (κ1) is 20.5. The first-order valence-corrected chi connectivity index (χ1v) is 8.72. The minimum atomic E-state index is 0. The Kier molecular flexibility index (Phi) is 10.2. The Morgan fingerprint density at radius 1 is 1.17 bits per heavy atom. The first-order valence-electron chi connectivity index (χ1n) is 7.73. The maximum atomic E-state index is 5.52. The number of hydrogen-bond acceptors (Lipinski definition) is 6. The third-order valence-corrected chi connectivity index (χ3v) is 4.09. The summed E-state index contributed by atoms with van der Waals surface area (Å²) in [6.07, 6.45) is 4.61. The molecule has 0 unspecified atom stereocenters. The number of nitrogens with one attached hydrogen (secondary N) is 1. The summed E-state index contributed by atoms with van der Waals surface area (Å²) in [5.41, 5.74) is 1.18. The van der Waals surface area contributed by atoms with Crippen molar-refractivity contribution in [1.29, 1.82) is 0 Å². The molecule has 0 aliphatic rings. The molecule has 2 rings (SSSR count). The molecule has 0 saturated carbocycles. The number of ether oxygens (including phenoxy) is 2. The minimum absolute atomic E-state index is 0. The van der Waals surface area contributed by atoms with Gasteiger partial charge in [0, 0.05) is 24.7 Å². The number of halogens is 1. The summed E-state index contributed by atoms with van der Waals surface area (Å²) in [4.78, 5) is 8.38. The number of aromatic nitrogens is 2. The van der Waals surface area contributed by atoms with Crippen LogP contribution < -0.4 is 27.2 Å². The van der Waals surface area contributed by atoms with Gasteiger partial charge in [-0.2, -0.15) is 0 Å². The molecular weight excluding hydrogens is 346 g/mol. The highest BCUT2D eigenvalue weighted by atomic mass is 35.5. The highest BCUT2D eigenvalue weighted by Crippen LogP contribution is 2.27. The van der Waals surface area contributed by atoms with Gasteiger partial charge in [-0.25, -0.2) is 9.97 Å². The number of thioether (sulfide) groups is 1. The average molecular weight is 369 g/mol. The molecule has 0 fully saturated rings. The molecule has 0 radical (unpaired) electrons. The molecule has 1 aromatic carbocycles. The average Bonchev–Trinajstić information content (AvgIpc) is 2.60. The molecular formula is C17H23ClN3O2S-. The van der Waals surface area contributed by atoms with Gasteiger partial charge in [0.2, 0.25) is 0 Å². The fourth-order valence-electron chi connectivity index (χ4n) is 2.05.